The van der Waals surface area contributed by atoms with E-state index in [-0.39, 0.29) is 6.32 Å². The van der Waals surface area contributed by atoms with Crippen molar-refractivity contribution in [2.45, 2.75) is 31.2 Å². The summed E-state index contributed by atoms with van der Waals surface area (Å²) < 4.78 is 5.44. The second-order valence-corrected chi connectivity index (χ2v) is 5.06. The molecule has 0 atom stereocenters. The van der Waals surface area contributed by atoms with Gasteiger partial charge in [-0.1, -0.05) is 23.2 Å². The lowest BCUT2D eigenvalue weighted by Gasteiger charge is -2.41. The highest BCUT2D eigenvalue weighted by atomic mass is 35.5. The number of ether oxygens (including phenoxy) is 1. The fraction of sp³-hybridized carbons (Fsp3) is 0.417. The summed E-state index contributed by atoms with van der Waals surface area (Å²) in [5.41, 5.74) is 0.272. The molecular formula is C12H11BCl2O2. The fourth-order valence-electron chi connectivity index (χ4n) is 2.02. The molecule has 2 radical (unpaired) electrons. The number of esters is 1. The molecule has 1 aromatic rings. The van der Waals surface area contributed by atoms with Crippen LogP contribution in [-0.4, -0.2) is 13.8 Å². The normalized spacial score (nSPS) is 17.3. The van der Waals surface area contributed by atoms with Gasteiger partial charge in [-0.2, -0.15) is 0 Å². The van der Waals surface area contributed by atoms with E-state index in [0.717, 1.165) is 24.8 Å². The summed E-state index contributed by atoms with van der Waals surface area (Å²) >= 11 is 11.9. The number of carbonyl (C=O) groups is 1. The summed E-state index contributed by atoms with van der Waals surface area (Å²) in [5.74, 6) is -0.402. The number of hydrogen-bond acceptors (Lipinski definition) is 2. The van der Waals surface area contributed by atoms with Gasteiger partial charge in [0.25, 0.3) is 5.97 Å². The summed E-state index contributed by atoms with van der Waals surface area (Å²) in [4.78, 5) is 11.4. The van der Waals surface area contributed by atoms with Crippen molar-refractivity contribution in [3.05, 3.63) is 33.8 Å². The second kappa shape index (κ2) is 4.91. The smallest absolute Gasteiger partial charge is 0.297 e. The van der Waals surface area contributed by atoms with Crippen molar-refractivity contribution in [3.8, 4) is 0 Å². The molecule has 5 heteroatoms. The van der Waals surface area contributed by atoms with E-state index in [1.165, 1.54) is 0 Å². The van der Waals surface area contributed by atoms with Crippen LogP contribution in [0.5, 0.6) is 0 Å². The van der Waals surface area contributed by atoms with Crippen LogP contribution in [0, 0.1) is 0 Å². The molecule has 1 aromatic carbocycles. The van der Waals surface area contributed by atoms with Gasteiger partial charge < -0.3 is 4.74 Å². The van der Waals surface area contributed by atoms with Gasteiger partial charge in [-0.05, 0) is 43.0 Å². The van der Waals surface area contributed by atoms with Crippen LogP contribution in [-0.2, 0) is 15.1 Å². The van der Waals surface area contributed by atoms with Crippen LogP contribution < -0.4 is 0 Å². The van der Waals surface area contributed by atoms with Gasteiger partial charge in [-0.3, -0.25) is 4.79 Å². The second-order valence-electron chi connectivity index (χ2n) is 4.18. The average molecular weight is 269 g/mol. The molecule has 1 saturated carbocycles. The third-order valence-corrected chi connectivity index (χ3v) is 3.46. The molecule has 1 fully saturated rings. The molecule has 2 nitrogen and oxygen atoms in total. The number of carbonyl (C=O) groups excluding carboxylic acids is 1. The summed E-state index contributed by atoms with van der Waals surface area (Å²) in [5, 5.41) is 1.09. The SMILES string of the molecule is [B]CC(=O)OC1(c2cc(Cl)cc(Cl)c2)CCC1. The summed E-state index contributed by atoms with van der Waals surface area (Å²) in [6.45, 7) is 0. The van der Waals surface area contributed by atoms with E-state index in [0.29, 0.717) is 10.0 Å². The van der Waals surface area contributed by atoms with Crippen molar-refractivity contribution in [1.29, 1.82) is 0 Å². The summed E-state index contributed by atoms with van der Waals surface area (Å²) in [6, 6.07) is 5.23. The largest absolute Gasteiger partial charge is 0.455 e. The molecule has 0 N–H and O–H groups in total. The van der Waals surface area contributed by atoms with E-state index in [1.54, 1.807) is 18.2 Å². The Balaban J connectivity index is 2.31. The predicted molar refractivity (Wildman–Crippen MR) is 68.6 cm³/mol. The Morgan fingerprint density at radius 1 is 1.29 bits per heavy atom. The van der Waals surface area contributed by atoms with Gasteiger partial charge in [0.1, 0.15) is 5.60 Å². The molecule has 0 aromatic heterocycles. The van der Waals surface area contributed by atoms with Crippen LogP contribution >= 0.6 is 23.2 Å². The fourth-order valence-corrected chi connectivity index (χ4v) is 2.55. The minimum Gasteiger partial charge on any atom is -0.455 e. The molecule has 0 heterocycles. The lowest BCUT2D eigenvalue weighted by molar-refractivity contribution is -0.168. The highest BCUT2D eigenvalue weighted by molar-refractivity contribution is 6.34. The monoisotopic (exact) mass is 268 g/mol. The van der Waals surface area contributed by atoms with Crippen LogP contribution in [0.2, 0.25) is 16.4 Å². The molecule has 0 saturated heterocycles. The van der Waals surface area contributed by atoms with Crippen molar-refractivity contribution in [2.75, 3.05) is 0 Å². The average Bonchev–Trinajstić information content (AvgIpc) is 2.21. The first-order chi connectivity index (χ1) is 8.05. The number of benzene rings is 1. The molecule has 2 rings (SSSR count). The molecule has 0 spiro atoms. The molecule has 1 aliphatic rings. The Hall–Kier alpha value is -0.665. The maximum Gasteiger partial charge on any atom is 0.297 e. The first-order valence-corrected chi connectivity index (χ1v) is 6.20. The highest BCUT2D eigenvalue weighted by Gasteiger charge is 2.42. The van der Waals surface area contributed by atoms with E-state index in [9.17, 15) is 4.79 Å². The third-order valence-electron chi connectivity index (χ3n) is 3.03. The van der Waals surface area contributed by atoms with Gasteiger partial charge in [0.2, 0.25) is 0 Å². The zero-order chi connectivity index (χ0) is 12.5. The van der Waals surface area contributed by atoms with Crippen LogP contribution in [0.3, 0.4) is 0 Å². The first kappa shape index (κ1) is 12.8. The Labute approximate surface area is 112 Å². The van der Waals surface area contributed by atoms with Crippen LogP contribution in [0.25, 0.3) is 0 Å². The Kier molecular flexibility index (Phi) is 3.69. The van der Waals surface area contributed by atoms with Crippen molar-refractivity contribution < 1.29 is 9.53 Å². The minimum absolute atomic E-state index is 0.115. The van der Waals surface area contributed by atoms with E-state index < -0.39 is 11.6 Å². The van der Waals surface area contributed by atoms with Gasteiger partial charge in [-0.25, -0.2) is 0 Å². The molecule has 88 valence electrons. The van der Waals surface area contributed by atoms with Crippen molar-refractivity contribution in [2.24, 2.45) is 0 Å². The van der Waals surface area contributed by atoms with E-state index >= 15 is 0 Å². The molecule has 1 aliphatic carbocycles. The van der Waals surface area contributed by atoms with Gasteiger partial charge in [0, 0.05) is 16.4 Å². The maximum absolute atomic E-state index is 11.4. The Morgan fingerprint density at radius 3 is 2.29 bits per heavy atom. The first-order valence-electron chi connectivity index (χ1n) is 5.44. The van der Waals surface area contributed by atoms with Crippen LogP contribution in [0.4, 0.5) is 0 Å². The summed E-state index contributed by atoms with van der Waals surface area (Å²) in [6.07, 6.45) is 2.48. The van der Waals surface area contributed by atoms with Crippen molar-refractivity contribution in [3.63, 3.8) is 0 Å². The molecule has 0 aliphatic heterocycles. The number of halogens is 2. The maximum atomic E-state index is 11.4. The molecule has 0 amide bonds. The number of hydrogen-bond donors (Lipinski definition) is 0. The van der Waals surface area contributed by atoms with E-state index in [4.69, 9.17) is 35.8 Å². The third kappa shape index (κ3) is 2.61. The molecule has 0 unspecified atom stereocenters. The van der Waals surface area contributed by atoms with Gasteiger partial charge in [0.05, 0.1) is 7.85 Å². The number of rotatable bonds is 3. The van der Waals surface area contributed by atoms with Gasteiger partial charge >= 0.3 is 0 Å². The van der Waals surface area contributed by atoms with Crippen LogP contribution in [0.1, 0.15) is 24.8 Å². The Bertz CT molecular complexity index is 424. The molecular weight excluding hydrogens is 258 g/mol. The van der Waals surface area contributed by atoms with Crippen molar-refractivity contribution >= 4 is 37.0 Å². The standard InChI is InChI=1S/C12H11BCl2O2/c13-7-11(16)17-12(2-1-3-12)8-4-9(14)6-10(15)5-8/h4-6H,1-3,7H2. The zero-order valence-electron chi connectivity index (χ0n) is 9.21. The quantitative estimate of drug-likeness (QED) is 0.620. The predicted octanol–water partition coefficient (Wildman–Crippen LogP) is 3.50. The molecule has 0 bridgehead atoms. The van der Waals surface area contributed by atoms with Crippen molar-refractivity contribution in [1.82, 2.24) is 0 Å². The topological polar surface area (TPSA) is 26.3 Å². The minimum atomic E-state index is -0.578. The van der Waals surface area contributed by atoms with E-state index in [1.807, 2.05) is 0 Å². The van der Waals surface area contributed by atoms with E-state index in [2.05, 4.69) is 0 Å². The van der Waals surface area contributed by atoms with Crippen LogP contribution in [0.15, 0.2) is 18.2 Å². The molecule has 17 heavy (non-hydrogen) atoms. The summed E-state index contributed by atoms with van der Waals surface area (Å²) in [7, 11) is 5.27. The van der Waals surface area contributed by atoms with Gasteiger partial charge in [-0.15, -0.1) is 0 Å². The zero-order valence-corrected chi connectivity index (χ0v) is 10.7. The van der Waals surface area contributed by atoms with Gasteiger partial charge in [0.15, 0.2) is 0 Å². The Morgan fingerprint density at radius 2 is 1.88 bits per heavy atom. The highest BCUT2D eigenvalue weighted by Crippen LogP contribution is 2.46. The lowest BCUT2D eigenvalue weighted by Crippen LogP contribution is -2.39. The lowest BCUT2D eigenvalue weighted by atomic mass is 9.74.